The smallest absolute Gasteiger partial charge is 0.294 e. The van der Waals surface area contributed by atoms with Crippen LogP contribution in [0.15, 0.2) is 29.2 Å². The molecule has 2 bridgehead atoms. The normalized spacial score (nSPS) is 30.8. The highest BCUT2D eigenvalue weighted by Crippen LogP contribution is 2.64. The number of carbonyl (C=O) groups excluding carboxylic acids is 1. The molecule has 1 N–H and O–H groups in total. The van der Waals surface area contributed by atoms with E-state index < -0.39 is 10.1 Å². The fourth-order valence-electron chi connectivity index (χ4n) is 4.31. The average molecular weight is 308 g/mol. The molecule has 3 rings (SSSR count). The van der Waals surface area contributed by atoms with Gasteiger partial charge in [-0.15, -0.1) is 0 Å². The minimum Gasteiger partial charge on any atom is -0.299 e. The van der Waals surface area contributed by atoms with Gasteiger partial charge in [0.2, 0.25) is 0 Å². The SMILES string of the molecule is CC1(C)C2CCC1(Cc1ccc(S(=O)(=O)O)cc1)C(=O)C2. The van der Waals surface area contributed by atoms with Crippen LogP contribution in [0.4, 0.5) is 0 Å². The molecule has 2 unspecified atom stereocenters. The second-order valence-electron chi connectivity index (χ2n) is 6.96. The molecule has 1 aromatic carbocycles. The van der Waals surface area contributed by atoms with Gasteiger partial charge in [0.15, 0.2) is 0 Å². The Morgan fingerprint density at radius 3 is 2.29 bits per heavy atom. The van der Waals surface area contributed by atoms with Crippen LogP contribution in [-0.4, -0.2) is 18.8 Å². The Bertz CT molecular complexity index is 687. The van der Waals surface area contributed by atoms with Crippen LogP contribution in [0.5, 0.6) is 0 Å². The number of ketones is 1. The van der Waals surface area contributed by atoms with E-state index in [2.05, 4.69) is 13.8 Å². The van der Waals surface area contributed by atoms with Crippen LogP contribution in [0.3, 0.4) is 0 Å². The molecule has 0 saturated heterocycles. The lowest BCUT2D eigenvalue weighted by Crippen LogP contribution is -2.38. The van der Waals surface area contributed by atoms with Crippen LogP contribution in [0.2, 0.25) is 0 Å². The highest BCUT2D eigenvalue weighted by atomic mass is 32.2. The lowest BCUT2D eigenvalue weighted by atomic mass is 9.66. The molecule has 2 aliphatic rings. The quantitative estimate of drug-likeness (QED) is 0.872. The molecule has 0 radical (unpaired) electrons. The molecular formula is C16H20O4S. The number of hydrogen-bond acceptors (Lipinski definition) is 3. The molecule has 0 heterocycles. The molecule has 4 nitrogen and oxygen atoms in total. The summed E-state index contributed by atoms with van der Waals surface area (Å²) in [5, 5.41) is 0. The lowest BCUT2D eigenvalue weighted by molar-refractivity contribution is -0.129. The molecule has 2 saturated carbocycles. The van der Waals surface area contributed by atoms with E-state index in [-0.39, 0.29) is 15.7 Å². The molecule has 114 valence electrons. The van der Waals surface area contributed by atoms with Crippen molar-refractivity contribution < 1.29 is 17.8 Å². The molecule has 0 amide bonds. The fraction of sp³-hybridized carbons (Fsp3) is 0.562. The predicted octanol–water partition coefficient (Wildman–Crippen LogP) is 2.87. The van der Waals surface area contributed by atoms with Crippen molar-refractivity contribution in [2.45, 2.75) is 44.4 Å². The minimum atomic E-state index is -4.16. The summed E-state index contributed by atoms with van der Waals surface area (Å²) in [5.41, 5.74) is 0.648. The van der Waals surface area contributed by atoms with Crippen molar-refractivity contribution in [3.63, 3.8) is 0 Å². The van der Waals surface area contributed by atoms with Crippen LogP contribution >= 0.6 is 0 Å². The second-order valence-corrected chi connectivity index (χ2v) is 8.38. The maximum Gasteiger partial charge on any atom is 0.294 e. The predicted molar refractivity (Wildman–Crippen MR) is 78.5 cm³/mol. The maximum atomic E-state index is 12.5. The summed E-state index contributed by atoms with van der Waals surface area (Å²) in [6.45, 7) is 4.37. The molecular weight excluding hydrogens is 288 g/mol. The summed E-state index contributed by atoms with van der Waals surface area (Å²) in [6.07, 6.45) is 3.35. The number of fused-ring (bicyclic) bond motifs is 2. The van der Waals surface area contributed by atoms with Gasteiger partial charge >= 0.3 is 0 Å². The third-order valence-corrected chi connectivity index (χ3v) is 6.73. The van der Waals surface area contributed by atoms with Crippen molar-refractivity contribution in [2.24, 2.45) is 16.7 Å². The van der Waals surface area contributed by atoms with E-state index in [1.807, 2.05) is 0 Å². The first kappa shape index (κ1) is 14.7. The Morgan fingerprint density at radius 1 is 1.24 bits per heavy atom. The molecule has 1 aromatic rings. The molecule has 0 spiro atoms. The monoisotopic (exact) mass is 308 g/mol. The molecule has 2 aliphatic carbocycles. The zero-order valence-electron chi connectivity index (χ0n) is 12.3. The average Bonchev–Trinajstić information content (AvgIpc) is 2.72. The molecule has 2 atom stereocenters. The standard InChI is InChI=1S/C16H20O4S/c1-15(2)12-7-8-16(15,14(17)9-12)10-11-3-5-13(6-4-11)21(18,19)20/h3-6,12H,7-10H2,1-2H3,(H,18,19,20). The van der Waals surface area contributed by atoms with Gasteiger partial charge in [0, 0.05) is 11.8 Å². The largest absolute Gasteiger partial charge is 0.299 e. The fourth-order valence-corrected chi connectivity index (χ4v) is 4.79. The molecule has 21 heavy (non-hydrogen) atoms. The van der Waals surface area contributed by atoms with Crippen LogP contribution in [0.1, 0.15) is 38.7 Å². The van der Waals surface area contributed by atoms with Crippen LogP contribution < -0.4 is 0 Å². The van der Waals surface area contributed by atoms with Gasteiger partial charge in [0.05, 0.1) is 4.90 Å². The highest BCUT2D eigenvalue weighted by Gasteiger charge is 2.63. The zero-order valence-corrected chi connectivity index (χ0v) is 13.1. The van der Waals surface area contributed by atoms with E-state index >= 15 is 0 Å². The van der Waals surface area contributed by atoms with Crippen molar-refractivity contribution >= 4 is 15.9 Å². The first-order chi connectivity index (χ1) is 9.67. The summed E-state index contributed by atoms with van der Waals surface area (Å²) in [7, 11) is -4.16. The Kier molecular flexibility index (Phi) is 3.08. The van der Waals surface area contributed by atoms with E-state index in [0.717, 1.165) is 18.4 Å². The van der Waals surface area contributed by atoms with Gasteiger partial charge in [-0.05, 0) is 48.3 Å². The van der Waals surface area contributed by atoms with Gasteiger partial charge in [0.25, 0.3) is 10.1 Å². The molecule has 0 aliphatic heterocycles. The topological polar surface area (TPSA) is 71.4 Å². The van der Waals surface area contributed by atoms with Gasteiger partial charge in [-0.3, -0.25) is 9.35 Å². The Balaban J connectivity index is 1.92. The van der Waals surface area contributed by atoms with Crippen molar-refractivity contribution in [3.05, 3.63) is 29.8 Å². The van der Waals surface area contributed by atoms with Crippen LogP contribution in [-0.2, 0) is 21.3 Å². The number of carbonyl (C=O) groups is 1. The van der Waals surface area contributed by atoms with E-state index in [4.69, 9.17) is 4.55 Å². The van der Waals surface area contributed by atoms with E-state index in [1.54, 1.807) is 12.1 Å². The van der Waals surface area contributed by atoms with Crippen molar-refractivity contribution in [2.75, 3.05) is 0 Å². The van der Waals surface area contributed by atoms with Crippen LogP contribution in [0, 0.1) is 16.7 Å². The first-order valence-corrected chi connectivity index (χ1v) is 8.70. The number of rotatable bonds is 3. The summed E-state index contributed by atoms with van der Waals surface area (Å²) >= 11 is 0. The maximum absolute atomic E-state index is 12.5. The second kappa shape index (κ2) is 4.40. The number of benzene rings is 1. The van der Waals surface area contributed by atoms with Gasteiger partial charge in [-0.1, -0.05) is 26.0 Å². The molecule has 5 heteroatoms. The Hall–Kier alpha value is -1.20. The van der Waals surface area contributed by atoms with Crippen molar-refractivity contribution in [1.29, 1.82) is 0 Å². The van der Waals surface area contributed by atoms with Crippen LogP contribution in [0.25, 0.3) is 0 Å². The first-order valence-electron chi connectivity index (χ1n) is 7.26. The zero-order chi connectivity index (χ0) is 15.5. The molecule has 2 fully saturated rings. The van der Waals surface area contributed by atoms with Gasteiger partial charge in [-0.2, -0.15) is 8.42 Å². The number of Topliss-reactive ketones (excluding diaryl/α,β-unsaturated/α-hetero) is 1. The van der Waals surface area contributed by atoms with Gasteiger partial charge < -0.3 is 0 Å². The van der Waals surface area contributed by atoms with Gasteiger partial charge in [0.1, 0.15) is 5.78 Å². The van der Waals surface area contributed by atoms with Gasteiger partial charge in [-0.25, -0.2) is 0 Å². The summed E-state index contributed by atoms with van der Waals surface area (Å²) < 4.78 is 31.2. The Labute approximate surface area is 125 Å². The van der Waals surface area contributed by atoms with E-state index in [9.17, 15) is 13.2 Å². The van der Waals surface area contributed by atoms with Crippen molar-refractivity contribution in [3.8, 4) is 0 Å². The summed E-state index contributed by atoms with van der Waals surface area (Å²) in [5.74, 6) is 0.824. The van der Waals surface area contributed by atoms with E-state index in [0.29, 0.717) is 24.5 Å². The lowest BCUT2D eigenvalue weighted by Gasteiger charge is -2.36. The highest BCUT2D eigenvalue weighted by molar-refractivity contribution is 7.85. The van der Waals surface area contributed by atoms with E-state index in [1.165, 1.54) is 12.1 Å². The summed E-state index contributed by atoms with van der Waals surface area (Å²) in [6, 6.07) is 6.21. The minimum absolute atomic E-state index is 0.00576. The third-order valence-electron chi connectivity index (χ3n) is 5.87. The number of hydrogen-bond donors (Lipinski definition) is 1. The molecule has 0 aromatic heterocycles. The Morgan fingerprint density at radius 2 is 1.86 bits per heavy atom. The third kappa shape index (κ3) is 2.06. The summed E-state index contributed by atoms with van der Waals surface area (Å²) in [4.78, 5) is 12.4. The van der Waals surface area contributed by atoms with Crippen molar-refractivity contribution in [1.82, 2.24) is 0 Å².